The molecule has 0 aromatic heterocycles. The second-order valence-electron chi connectivity index (χ2n) is 3.20. The van der Waals surface area contributed by atoms with Crippen LogP contribution in [0, 0.1) is 0 Å². The molecule has 1 aromatic rings. The summed E-state index contributed by atoms with van der Waals surface area (Å²) in [5, 5.41) is 12.3. The number of methoxy groups -OCH3 is 1. The van der Waals surface area contributed by atoms with E-state index in [9.17, 15) is 0 Å². The highest BCUT2D eigenvalue weighted by Crippen LogP contribution is 2.34. The van der Waals surface area contributed by atoms with Gasteiger partial charge < -0.3 is 15.2 Å². The van der Waals surface area contributed by atoms with Crippen LogP contribution in [0.4, 0.5) is 5.69 Å². The molecule has 0 aliphatic carbocycles. The molecule has 84 valence electrons. The summed E-state index contributed by atoms with van der Waals surface area (Å²) in [7, 11) is 1.62. The summed E-state index contributed by atoms with van der Waals surface area (Å²) in [5.41, 5.74) is 0.899. The molecule has 0 aliphatic heterocycles. The number of rotatable bonds is 4. The van der Waals surface area contributed by atoms with E-state index >= 15 is 0 Å². The van der Waals surface area contributed by atoms with Crippen molar-refractivity contribution in [2.45, 2.75) is 13.0 Å². The Balaban J connectivity index is 2.87. The van der Waals surface area contributed by atoms with Crippen molar-refractivity contribution < 1.29 is 9.84 Å². The fraction of sp³-hybridized carbons (Fsp3) is 0.400. The van der Waals surface area contributed by atoms with Crippen molar-refractivity contribution in [3.63, 3.8) is 0 Å². The Labute approximate surface area is 106 Å². The molecule has 1 aromatic carbocycles. The van der Waals surface area contributed by atoms with E-state index in [1.807, 2.05) is 12.1 Å². The number of halogens is 2. The number of hydrogen-bond donors (Lipinski definition) is 2. The normalized spacial score (nSPS) is 12.3. The number of aliphatic hydroxyl groups is 1. The van der Waals surface area contributed by atoms with E-state index in [1.54, 1.807) is 14.0 Å². The Kier molecular flexibility index (Phi) is 4.89. The van der Waals surface area contributed by atoms with Gasteiger partial charge in [-0.25, -0.2) is 0 Å². The van der Waals surface area contributed by atoms with Crippen LogP contribution in [-0.4, -0.2) is 24.9 Å². The van der Waals surface area contributed by atoms with Crippen molar-refractivity contribution >= 4 is 37.5 Å². The standard InChI is InChI=1S/C10H13Br2NO2/c1-6(14)5-13-9-4-10(15-2)8(12)3-7(9)11/h3-4,6,13-14H,5H2,1-2H3/t6-/m0/s1. The lowest BCUT2D eigenvalue weighted by atomic mass is 10.3. The minimum absolute atomic E-state index is 0.383. The van der Waals surface area contributed by atoms with Gasteiger partial charge in [-0.1, -0.05) is 0 Å². The zero-order chi connectivity index (χ0) is 11.4. The van der Waals surface area contributed by atoms with Gasteiger partial charge in [0.25, 0.3) is 0 Å². The third kappa shape index (κ3) is 3.66. The highest BCUT2D eigenvalue weighted by molar-refractivity contribution is 9.11. The van der Waals surface area contributed by atoms with Gasteiger partial charge in [0.15, 0.2) is 0 Å². The van der Waals surface area contributed by atoms with Gasteiger partial charge in [0.05, 0.1) is 23.4 Å². The van der Waals surface area contributed by atoms with Crippen LogP contribution in [0.3, 0.4) is 0 Å². The first-order valence-corrected chi connectivity index (χ1v) is 6.08. The second kappa shape index (κ2) is 5.72. The van der Waals surface area contributed by atoms with Crippen molar-refractivity contribution in [3.8, 4) is 5.75 Å². The Morgan fingerprint density at radius 2 is 2.07 bits per heavy atom. The van der Waals surface area contributed by atoms with Crippen LogP contribution < -0.4 is 10.1 Å². The maximum Gasteiger partial charge on any atom is 0.135 e. The predicted octanol–water partition coefficient (Wildman–Crippen LogP) is 3.01. The van der Waals surface area contributed by atoms with Crippen LogP contribution in [0.15, 0.2) is 21.1 Å². The maximum absolute atomic E-state index is 9.17. The smallest absolute Gasteiger partial charge is 0.135 e. The number of aliphatic hydroxyl groups excluding tert-OH is 1. The van der Waals surface area contributed by atoms with E-state index < -0.39 is 0 Å². The van der Waals surface area contributed by atoms with Gasteiger partial charge in [-0.3, -0.25) is 0 Å². The molecule has 3 nitrogen and oxygen atoms in total. The third-order valence-corrected chi connectivity index (χ3v) is 3.11. The largest absolute Gasteiger partial charge is 0.495 e. The average molecular weight is 339 g/mol. The zero-order valence-electron chi connectivity index (χ0n) is 8.55. The number of anilines is 1. The molecule has 1 atom stereocenters. The van der Waals surface area contributed by atoms with Crippen LogP contribution in [0.25, 0.3) is 0 Å². The summed E-state index contributed by atoms with van der Waals surface area (Å²) < 4.78 is 6.99. The van der Waals surface area contributed by atoms with Gasteiger partial charge in [0.2, 0.25) is 0 Å². The van der Waals surface area contributed by atoms with Gasteiger partial charge in [0.1, 0.15) is 5.75 Å². The van der Waals surface area contributed by atoms with Gasteiger partial charge in [0, 0.05) is 17.1 Å². The van der Waals surface area contributed by atoms with Crippen LogP contribution in [0.1, 0.15) is 6.92 Å². The van der Waals surface area contributed by atoms with E-state index in [1.165, 1.54) is 0 Å². The minimum Gasteiger partial charge on any atom is -0.495 e. The van der Waals surface area contributed by atoms with Gasteiger partial charge in [-0.15, -0.1) is 0 Å². The summed E-state index contributed by atoms with van der Waals surface area (Å²) in [6, 6.07) is 3.78. The highest BCUT2D eigenvalue weighted by Gasteiger charge is 2.07. The fourth-order valence-electron chi connectivity index (χ4n) is 1.08. The topological polar surface area (TPSA) is 41.5 Å². The third-order valence-electron chi connectivity index (χ3n) is 1.83. The number of nitrogens with one attached hydrogen (secondary N) is 1. The summed E-state index contributed by atoms with van der Waals surface area (Å²) in [6.45, 7) is 2.24. The number of hydrogen-bond acceptors (Lipinski definition) is 3. The predicted molar refractivity (Wildman–Crippen MR) is 68.6 cm³/mol. The van der Waals surface area contributed by atoms with E-state index in [0.29, 0.717) is 6.54 Å². The minimum atomic E-state index is -0.383. The van der Waals surface area contributed by atoms with E-state index in [4.69, 9.17) is 9.84 Å². The lowest BCUT2D eigenvalue weighted by Gasteiger charge is -2.12. The van der Waals surface area contributed by atoms with Crippen LogP contribution in [0.2, 0.25) is 0 Å². The van der Waals surface area contributed by atoms with Crippen LogP contribution >= 0.6 is 31.9 Å². The summed E-state index contributed by atoms with van der Waals surface area (Å²) in [4.78, 5) is 0. The monoisotopic (exact) mass is 337 g/mol. The second-order valence-corrected chi connectivity index (χ2v) is 4.91. The SMILES string of the molecule is COc1cc(NC[C@H](C)O)c(Br)cc1Br. The highest BCUT2D eigenvalue weighted by atomic mass is 79.9. The molecule has 0 fully saturated rings. The molecule has 0 amide bonds. The molecule has 5 heteroatoms. The summed E-state index contributed by atoms with van der Waals surface area (Å²) in [5.74, 6) is 0.756. The molecule has 1 rings (SSSR count). The van der Waals surface area contributed by atoms with Crippen molar-refractivity contribution in [3.05, 3.63) is 21.1 Å². The molecule has 0 heterocycles. The van der Waals surface area contributed by atoms with Crippen molar-refractivity contribution in [2.75, 3.05) is 19.0 Å². The molecule has 0 saturated heterocycles. The number of ether oxygens (including phenoxy) is 1. The Hall–Kier alpha value is -0.260. The van der Waals surface area contributed by atoms with Crippen molar-refractivity contribution in [1.29, 1.82) is 0 Å². The molecule has 2 N–H and O–H groups in total. The first-order chi connectivity index (χ1) is 7.04. The maximum atomic E-state index is 9.17. The Bertz CT molecular complexity index is 342. The molecule has 0 radical (unpaired) electrons. The van der Waals surface area contributed by atoms with Gasteiger partial charge in [-0.2, -0.15) is 0 Å². The van der Waals surface area contributed by atoms with Crippen LogP contribution in [-0.2, 0) is 0 Å². The summed E-state index contributed by atoms with van der Waals surface area (Å²) >= 11 is 6.82. The molecular weight excluding hydrogens is 326 g/mol. The molecular formula is C10H13Br2NO2. The fourth-order valence-corrected chi connectivity index (χ4v) is 2.37. The van der Waals surface area contributed by atoms with E-state index in [-0.39, 0.29) is 6.10 Å². The molecule has 0 saturated carbocycles. The Morgan fingerprint density at radius 1 is 1.40 bits per heavy atom. The Morgan fingerprint density at radius 3 is 2.60 bits per heavy atom. The van der Waals surface area contributed by atoms with Gasteiger partial charge >= 0.3 is 0 Å². The lowest BCUT2D eigenvalue weighted by molar-refractivity contribution is 0.208. The van der Waals surface area contributed by atoms with E-state index in [0.717, 1.165) is 20.4 Å². The molecule has 0 aliphatic rings. The van der Waals surface area contributed by atoms with Crippen molar-refractivity contribution in [2.24, 2.45) is 0 Å². The first-order valence-electron chi connectivity index (χ1n) is 4.49. The molecule has 0 spiro atoms. The zero-order valence-corrected chi connectivity index (χ0v) is 11.7. The van der Waals surface area contributed by atoms with E-state index in [2.05, 4.69) is 37.2 Å². The molecule has 0 unspecified atom stereocenters. The average Bonchev–Trinajstić information content (AvgIpc) is 2.16. The lowest BCUT2D eigenvalue weighted by Crippen LogP contribution is -2.15. The first kappa shape index (κ1) is 12.8. The quantitative estimate of drug-likeness (QED) is 0.886. The molecule has 15 heavy (non-hydrogen) atoms. The van der Waals surface area contributed by atoms with Crippen LogP contribution in [0.5, 0.6) is 5.75 Å². The summed E-state index contributed by atoms with van der Waals surface area (Å²) in [6.07, 6.45) is -0.383. The van der Waals surface area contributed by atoms with Crippen molar-refractivity contribution in [1.82, 2.24) is 0 Å². The molecule has 0 bridgehead atoms. The van der Waals surface area contributed by atoms with Gasteiger partial charge in [-0.05, 0) is 44.8 Å². The number of benzene rings is 1.